The van der Waals surface area contributed by atoms with Crippen molar-refractivity contribution in [3.05, 3.63) is 0 Å². The summed E-state index contributed by atoms with van der Waals surface area (Å²) in [5, 5.41) is 16.3. The predicted octanol–water partition coefficient (Wildman–Crippen LogP) is -1.51. The minimum absolute atomic E-state index is 0.0312. The van der Waals surface area contributed by atoms with Crippen molar-refractivity contribution in [2.24, 2.45) is 0 Å². The molecule has 3 saturated heterocycles. The van der Waals surface area contributed by atoms with Crippen LogP contribution in [0, 0.1) is 0 Å². The minimum atomic E-state index is -5.84. The quantitative estimate of drug-likeness (QED) is 0.290. The lowest BCUT2D eigenvalue weighted by Gasteiger charge is -2.42. The number of aliphatic hydroxyl groups excluding tert-OH is 1. The maximum atomic E-state index is 12.1. The molecule has 1 atom stereocenters. The Bertz CT molecular complexity index is 723. The van der Waals surface area contributed by atoms with Crippen LogP contribution in [0.3, 0.4) is 0 Å². The zero-order valence-electron chi connectivity index (χ0n) is 15.1. The standard InChI is InChI=1S/C13H22N4O3.CHF3O3S/c1-10(19)16-4-2-12(3-5-16)8-17-11(20)6-14-7-13(17,9-18)15-12;2-1(3,4)8(5,6)7/h14-15,18H,2-9H2,1H3;(H,5,6,7). The molecule has 14 heteroatoms. The predicted molar refractivity (Wildman–Crippen MR) is 89.4 cm³/mol. The molecule has 4 N–H and O–H groups in total. The van der Waals surface area contributed by atoms with Gasteiger partial charge in [0.05, 0.1) is 13.2 Å². The second kappa shape index (κ2) is 7.74. The van der Waals surface area contributed by atoms with E-state index in [0.717, 1.165) is 12.8 Å². The number of amides is 2. The molecule has 3 aliphatic heterocycles. The van der Waals surface area contributed by atoms with Crippen molar-refractivity contribution in [2.45, 2.75) is 36.5 Å². The molecule has 10 nitrogen and oxygen atoms in total. The van der Waals surface area contributed by atoms with Crippen LogP contribution in [0.1, 0.15) is 19.8 Å². The van der Waals surface area contributed by atoms with E-state index in [1.54, 1.807) is 11.8 Å². The molecule has 0 radical (unpaired) electrons. The maximum absolute atomic E-state index is 12.1. The van der Waals surface area contributed by atoms with E-state index in [0.29, 0.717) is 32.7 Å². The SMILES string of the molecule is CC(=O)N1CCC2(CC1)CN1C(=O)CNCC1(CO)N2.O=S(=O)(O)C(F)(F)F. The highest BCUT2D eigenvalue weighted by molar-refractivity contribution is 7.86. The number of carbonyl (C=O) groups excluding carboxylic acids is 2. The summed E-state index contributed by atoms with van der Waals surface area (Å²) in [4.78, 5) is 27.1. The Hall–Kier alpha value is -1.48. The van der Waals surface area contributed by atoms with E-state index in [-0.39, 0.29) is 24.0 Å². The number of aliphatic hydroxyl groups is 1. The van der Waals surface area contributed by atoms with Gasteiger partial charge in [-0.1, -0.05) is 0 Å². The molecule has 1 spiro atoms. The third-order valence-corrected chi connectivity index (χ3v) is 5.77. The number of piperazine rings is 1. The van der Waals surface area contributed by atoms with Gasteiger partial charge in [-0.2, -0.15) is 21.6 Å². The van der Waals surface area contributed by atoms with Crippen molar-refractivity contribution in [3.8, 4) is 0 Å². The van der Waals surface area contributed by atoms with E-state index >= 15 is 0 Å². The van der Waals surface area contributed by atoms with E-state index in [2.05, 4.69) is 10.6 Å². The van der Waals surface area contributed by atoms with Crippen LogP contribution in [0.15, 0.2) is 0 Å². The Morgan fingerprint density at radius 1 is 1.29 bits per heavy atom. The monoisotopic (exact) mass is 432 g/mol. The fourth-order valence-electron chi connectivity index (χ4n) is 3.71. The number of nitrogens with one attached hydrogen (secondary N) is 2. The number of hydrogen-bond acceptors (Lipinski definition) is 7. The third kappa shape index (κ3) is 4.56. The second-order valence-corrected chi connectivity index (χ2v) is 8.52. The minimum Gasteiger partial charge on any atom is -0.392 e. The Morgan fingerprint density at radius 2 is 1.82 bits per heavy atom. The number of alkyl halides is 3. The summed E-state index contributed by atoms with van der Waals surface area (Å²) in [6, 6.07) is 0. The number of rotatable bonds is 1. The summed E-state index contributed by atoms with van der Waals surface area (Å²) in [5.41, 5.74) is -6.38. The Kier molecular flexibility index (Phi) is 6.31. The molecule has 3 fully saturated rings. The van der Waals surface area contributed by atoms with Crippen LogP contribution in [0.4, 0.5) is 13.2 Å². The van der Waals surface area contributed by atoms with Gasteiger partial charge < -0.3 is 20.2 Å². The zero-order chi connectivity index (χ0) is 21.4. The molecule has 0 bridgehead atoms. The molecular weight excluding hydrogens is 409 g/mol. The topological polar surface area (TPSA) is 139 Å². The summed E-state index contributed by atoms with van der Waals surface area (Å²) in [6.45, 7) is 4.43. The fourth-order valence-corrected chi connectivity index (χ4v) is 3.71. The molecule has 162 valence electrons. The van der Waals surface area contributed by atoms with E-state index in [9.17, 15) is 27.9 Å². The number of hydrogen-bond donors (Lipinski definition) is 4. The van der Waals surface area contributed by atoms with Gasteiger partial charge in [-0.3, -0.25) is 19.5 Å². The molecule has 0 aromatic heterocycles. The number of likely N-dealkylation sites (tertiary alicyclic amines) is 1. The molecule has 0 saturated carbocycles. The fraction of sp³-hybridized carbons (Fsp3) is 0.857. The highest BCUT2D eigenvalue weighted by Crippen LogP contribution is 2.35. The van der Waals surface area contributed by atoms with Crippen LogP contribution in [-0.2, 0) is 19.7 Å². The smallest absolute Gasteiger partial charge is 0.392 e. The Balaban J connectivity index is 0.000000300. The molecular formula is C14H23F3N4O6S. The normalized spacial score (nSPS) is 27.3. The van der Waals surface area contributed by atoms with Gasteiger partial charge in [-0.15, -0.1) is 0 Å². The van der Waals surface area contributed by atoms with Gasteiger partial charge in [-0.25, -0.2) is 0 Å². The summed E-state index contributed by atoms with van der Waals surface area (Å²) in [5.74, 6) is 0.133. The highest BCUT2D eigenvalue weighted by atomic mass is 32.2. The van der Waals surface area contributed by atoms with Crippen molar-refractivity contribution in [3.63, 3.8) is 0 Å². The first-order valence-electron chi connectivity index (χ1n) is 8.46. The van der Waals surface area contributed by atoms with Gasteiger partial charge in [0.25, 0.3) is 0 Å². The molecule has 3 heterocycles. The van der Waals surface area contributed by atoms with Crippen LogP contribution >= 0.6 is 0 Å². The first-order chi connectivity index (χ1) is 12.8. The summed E-state index contributed by atoms with van der Waals surface area (Å²) < 4.78 is 57.5. The van der Waals surface area contributed by atoms with E-state index in [4.69, 9.17) is 13.0 Å². The molecule has 2 amide bonds. The summed E-state index contributed by atoms with van der Waals surface area (Å²) >= 11 is 0. The van der Waals surface area contributed by atoms with Crippen molar-refractivity contribution in [2.75, 3.05) is 39.3 Å². The second-order valence-electron chi connectivity index (χ2n) is 7.11. The van der Waals surface area contributed by atoms with Crippen LogP contribution in [0.5, 0.6) is 0 Å². The van der Waals surface area contributed by atoms with Gasteiger partial charge in [0.1, 0.15) is 5.66 Å². The highest BCUT2D eigenvalue weighted by Gasteiger charge is 2.56. The van der Waals surface area contributed by atoms with Crippen LogP contribution < -0.4 is 10.6 Å². The lowest BCUT2D eigenvalue weighted by Crippen LogP contribution is -2.68. The average molecular weight is 432 g/mol. The first-order valence-corrected chi connectivity index (χ1v) is 9.90. The molecule has 0 aliphatic carbocycles. The molecule has 0 aromatic rings. The number of fused-ring (bicyclic) bond motifs is 1. The van der Waals surface area contributed by atoms with Crippen molar-refractivity contribution < 1.29 is 40.8 Å². The van der Waals surface area contributed by atoms with Crippen molar-refractivity contribution in [1.29, 1.82) is 0 Å². The maximum Gasteiger partial charge on any atom is 0.522 e. The molecule has 0 aromatic carbocycles. The van der Waals surface area contributed by atoms with E-state index in [1.807, 2.05) is 4.90 Å². The molecule has 1 unspecified atom stereocenters. The molecule has 3 aliphatic rings. The molecule has 28 heavy (non-hydrogen) atoms. The summed E-state index contributed by atoms with van der Waals surface area (Å²) in [7, 11) is -5.84. The Morgan fingerprint density at radius 3 is 2.21 bits per heavy atom. The van der Waals surface area contributed by atoms with Gasteiger partial charge in [-0.05, 0) is 12.8 Å². The summed E-state index contributed by atoms with van der Waals surface area (Å²) in [6.07, 6.45) is 1.64. The van der Waals surface area contributed by atoms with E-state index < -0.39 is 21.3 Å². The molecule has 3 rings (SSSR count). The number of nitrogens with zero attached hydrogens (tertiary/aromatic N) is 2. The lowest BCUT2D eigenvalue weighted by atomic mass is 9.88. The van der Waals surface area contributed by atoms with Crippen LogP contribution in [0.25, 0.3) is 0 Å². The Labute approximate surface area is 159 Å². The third-order valence-electron chi connectivity index (χ3n) is 5.19. The van der Waals surface area contributed by atoms with Crippen molar-refractivity contribution >= 4 is 21.9 Å². The largest absolute Gasteiger partial charge is 0.522 e. The average Bonchev–Trinajstić information content (AvgIpc) is 2.90. The van der Waals surface area contributed by atoms with Crippen molar-refractivity contribution in [1.82, 2.24) is 20.4 Å². The number of carbonyl (C=O) groups is 2. The van der Waals surface area contributed by atoms with Gasteiger partial charge in [0, 0.05) is 38.6 Å². The van der Waals surface area contributed by atoms with Gasteiger partial charge >= 0.3 is 15.6 Å². The van der Waals surface area contributed by atoms with Gasteiger partial charge in [0.15, 0.2) is 0 Å². The number of piperidine rings is 1. The number of halogens is 3. The first kappa shape index (κ1) is 22.8. The van der Waals surface area contributed by atoms with Crippen LogP contribution in [-0.4, -0.2) is 95.7 Å². The zero-order valence-corrected chi connectivity index (χ0v) is 15.9. The lowest BCUT2D eigenvalue weighted by molar-refractivity contribution is -0.140. The van der Waals surface area contributed by atoms with Gasteiger partial charge in [0.2, 0.25) is 11.8 Å². The van der Waals surface area contributed by atoms with Crippen LogP contribution in [0.2, 0.25) is 0 Å². The van der Waals surface area contributed by atoms with E-state index in [1.165, 1.54) is 0 Å².